The lowest BCUT2D eigenvalue weighted by molar-refractivity contribution is 0.0161. The van der Waals surface area contributed by atoms with Crippen molar-refractivity contribution in [3.8, 4) is 11.5 Å². The fraction of sp³-hybridized carbons (Fsp3) is 0.385. The first-order valence-electron chi connectivity index (χ1n) is 11.1. The van der Waals surface area contributed by atoms with Gasteiger partial charge in [-0.15, -0.1) is 0 Å². The number of nitrogens with zero attached hydrogens (tertiary/aromatic N) is 1. The summed E-state index contributed by atoms with van der Waals surface area (Å²) in [5, 5.41) is 6.21. The normalized spacial score (nSPS) is 15.7. The quantitative estimate of drug-likeness (QED) is 0.555. The topological polar surface area (TPSA) is 43.0 Å². The molecule has 0 saturated carbocycles. The predicted octanol–water partition coefficient (Wildman–Crippen LogP) is 4.41. The van der Waals surface area contributed by atoms with E-state index < -0.39 is 0 Å². The molecule has 0 spiro atoms. The van der Waals surface area contributed by atoms with E-state index in [-0.39, 0.29) is 6.04 Å². The van der Waals surface area contributed by atoms with Gasteiger partial charge >= 0.3 is 0 Å². The van der Waals surface area contributed by atoms with Crippen LogP contribution >= 0.6 is 0 Å². The Labute approximate surface area is 184 Å². The molecule has 4 rings (SSSR count). The number of benzene rings is 3. The highest BCUT2D eigenvalue weighted by atomic mass is 16.5. The largest absolute Gasteiger partial charge is 0.497 e. The maximum absolute atomic E-state index is 5.95. The van der Waals surface area contributed by atoms with Crippen molar-refractivity contribution < 1.29 is 14.2 Å². The van der Waals surface area contributed by atoms with Crippen LogP contribution in [0.2, 0.25) is 0 Å². The van der Waals surface area contributed by atoms with Crippen molar-refractivity contribution in [1.29, 1.82) is 0 Å². The lowest BCUT2D eigenvalue weighted by atomic mass is 10.0. The molecule has 0 aromatic heterocycles. The molecular weight excluding hydrogens is 388 g/mol. The summed E-state index contributed by atoms with van der Waals surface area (Å²) in [6.07, 6.45) is 0. The number of hydrogen-bond acceptors (Lipinski definition) is 5. The molecule has 1 saturated heterocycles. The van der Waals surface area contributed by atoms with E-state index in [9.17, 15) is 0 Å². The third kappa shape index (κ3) is 5.18. The Morgan fingerprint density at radius 1 is 1.00 bits per heavy atom. The molecule has 31 heavy (non-hydrogen) atoms. The van der Waals surface area contributed by atoms with Gasteiger partial charge in [0.1, 0.15) is 11.5 Å². The van der Waals surface area contributed by atoms with Gasteiger partial charge in [0.05, 0.1) is 26.9 Å². The van der Waals surface area contributed by atoms with Crippen molar-refractivity contribution >= 4 is 10.8 Å². The number of nitrogens with one attached hydrogen (secondary N) is 1. The highest BCUT2D eigenvalue weighted by molar-refractivity contribution is 5.87. The third-order valence-electron chi connectivity index (χ3n) is 5.92. The van der Waals surface area contributed by atoms with Crippen LogP contribution in [0.3, 0.4) is 0 Å². The average Bonchev–Trinajstić information content (AvgIpc) is 2.83. The maximum atomic E-state index is 5.95. The van der Waals surface area contributed by atoms with Crippen LogP contribution in [0.5, 0.6) is 11.5 Å². The van der Waals surface area contributed by atoms with Gasteiger partial charge in [-0.25, -0.2) is 0 Å². The van der Waals surface area contributed by atoms with Crippen molar-refractivity contribution in [3.05, 3.63) is 71.8 Å². The number of fused-ring (bicyclic) bond motifs is 1. The van der Waals surface area contributed by atoms with Crippen LogP contribution in [0.4, 0.5) is 0 Å². The molecule has 3 aromatic carbocycles. The van der Waals surface area contributed by atoms with Crippen molar-refractivity contribution in [2.45, 2.75) is 19.5 Å². The standard InChI is InChI=1S/C26H32N2O3/c1-3-31-26-13-10-20-6-4-5-7-23(20)24(26)18-27-19-25(28-14-16-30-17-15-28)21-8-11-22(29-2)12-9-21/h4-13,25,27H,3,14-19H2,1-2H3. The Morgan fingerprint density at radius 2 is 1.77 bits per heavy atom. The fourth-order valence-corrected chi connectivity index (χ4v) is 4.30. The molecule has 164 valence electrons. The van der Waals surface area contributed by atoms with Gasteiger partial charge in [-0.05, 0) is 41.5 Å². The second kappa shape index (κ2) is 10.6. The summed E-state index contributed by atoms with van der Waals surface area (Å²) in [6.45, 7) is 7.75. The van der Waals surface area contributed by atoms with E-state index in [4.69, 9.17) is 14.2 Å². The predicted molar refractivity (Wildman–Crippen MR) is 125 cm³/mol. The smallest absolute Gasteiger partial charge is 0.124 e. The number of methoxy groups -OCH3 is 1. The van der Waals surface area contributed by atoms with Gasteiger partial charge in [-0.1, -0.05) is 42.5 Å². The van der Waals surface area contributed by atoms with Gasteiger partial charge < -0.3 is 19.5 Å². The van der Waals surface area contributed by atoms with E-state index >= 15 is 0 Å². The Balaban J connectivity index is 1.54. The van der Waals surface area contributed by atoms with Crippen molar-refractivity contribution in [2.75, 3.05) is 46.6 Å². The van der Waals surface area contributed by atoms with Crippen LogP contribution in [0.25, 0.3) is 10.8 Å². The van der Waals surface area contributed by atoms with Crippen molar-refractivity contribution in [2.24, 2.45) is 0 Å². The summed E-state index contributed by atoms with van der Waals surface area (Å²) >= 11 is 0. The zero-order chi connectivity index (χ0) is 21.5. The van der Waals surface area contributed by atoms with Crippen LogP contribution in [0.1, 0.15) is 24.1 Å². The zero-order valence-electron chi connectivity index (χ0n) is 18.5. The Kier molecular flexibility index (Phi) is 7.41. The second-order valence-electron chi connectivity index (χ2n) is 7.76. The molecule has 3 aromatic rings. The van der Waals surface area contributed by atoms with Crippen LogP contribution in [0.15, 0.2) is 60.7 Å². The van der Waals surface area contributed by atoms with Gasteiger partial charge in [0.25, 0.3) is 0 Å². The highest BCUT2D eigenvalue weighted by Crippen LogP contribution is 2.29. The minimum atomic E-state index is 0.278. The van der Waals surface area contributed by atoms with Crippen LogP contribution in [0, 0.1) is 0 Å². The van der Waals surface area contributed by atoms with Gasteiger partial charge in [-0.2, -0.15) is 0 Å². The Morgan fingerprint density at radius 3 is 2.52 bits per heavy atom. The van der Waals surface area contributed by atoms with Crippen molar-refractivity contribution in [3.63, 3.8) is 0 Å². The maximum Gasteiger partial charge on any atom is 0.124 e. The molecule has 1 heterocycles. The minimum absolute atomic E-state index is 0.278. The summed E-state index contributed by atoms with van der Waals surface area (Å²) in [6, 6.07) is 21.4. The molecule has 0 aliphatic carbocycles. The molecule has 1 fully saturated rings. The van der Waals surface area contributed by atoms with Gasteiger partial charge in [0.15, 0.2) is 0 Å². The summed E-state index contributed by atoms with van der Waals surface area (Å²) < 4.78 is 16.9. The SMILES string of the molecule is CCOc1ccc2ccccc2c1CNCC(c1ccc(OC)cc1)N1CCOCC1. The molecule has 0 amide bonds. The summed E-state index contributed by atoms with van der Waals surface area (Å²) in [4.78, 5) is 2.50. The van der Waals surface area contributed by atoms with Crippen LogP contribution < -0.4 is 14.8 Å². The molecule has 0 radical (unpaired) electrons. The van der Waals surface area contributed by atoms with E-state index in [0.29, 0.717) is 6.61 Å². The monoisotopic (exact) mass is 420 g/mol. The first-order chi connectivity index (χ1) is 15.3. The van der Waals surface area contributed by atoms with Gasteiger partial charge in [-0.3, -0.25) is 4.90 Å². The van der Waals surface area contributed by atoms with Crippen molar-refractivity contribution in [1.82, 2.24) is 10.2 Å². The van der Waals surface area contributed by atoms with Crippen LogP contribution in [-0.4, -0.2) is 51.5 Å². The third-order valence-corrected chi connectivity index (χ3v) is 5.92. The number of ether oxygens (including phenoxy) is 3. The molecule has 5 nitrogen and oxygen atoms in total. The first kappa shape index (κ1) is 21.6. The Bertz CT molecular complexity index is 968. The molecule has 1 aliphatic rings. The molecular formula is C26H32N2O3. The van der Waals surface area contributed by atoms with Gasteiger partial charge in [0, 0.05) is 37.8 Å². The summed E-state index contributed by atoms with van der Waals surface area (Å²) in [5.74, 6) is 1.84. The lowest BCUT2D eigenvalue weighted by Gasteiger charge is -2.35. The number of rotatable bonds is 9. The molecule has 0 bridgehead atoms. The van der Waals surface area contributed by atoms with E-state index in [1.807, 2.05) is 19.1 Å². The molecule has 1 atom stereocenters. The lowest BCUT2D eigenvalue weighted by Crippen LogP contribution is -2.42. The van der Waals surface area contributed by atoms with E-state index in [2.05, 4.69) is 58.7 Å². The van der Waals surface area contributed by atoms with E-state index in [1.54, 1.807) is 7.11 Å². The molecule has 1 aliphatic heterocycles. The summed E-state index contributed by atoms with van der Waals surface area (Å²) in [5.41, 5.74) is 2.51. The number of morpholine rings is 1. The zero-order valence-corrected chi connectivity index (χ0v) is 18.5. The highest BCUT2D eigenvalue weighted by Gasteiger charge is 2.22. The molecule has 5 heteroatoms. The van der Waals surface area contributed by atoms with E-state index in [1.165, 1.54) is 21.9 Å². The fourth-order valence-electron chi connectivity index (χ4n) is 4.30. The van der Waals surface area contributed by atoms with Crippen LogP contribution in [-0.2, 0) is 11.3 Å². The second-order valence-corrected chi connectivity index (χ2v) is 7.76. The molecule has 1 unspecified atom stereocenters. The first-order valence-corrected chi connectivity index (χ1v) is 11.1. The van der Waals surface area contributed by atoms with E-state index in [0.717, 1.165) is 50.9 Å². The molecule has 1 N–H and O–H groups in total. The Hall–Kier alpha value is -2.60. The van der Waals surface area contributed by atoms with Gasteiger partial charge in [0.2, 0.25) is 0 Å². The summed E-state index contributed by atoms with van der Waals surface area (Å²) in [7, 11) is 1.70. The minimum Gasteiger partial charge on any atom is -0.497 e. The average molecular weight is 421 g/mol. The number of hydrogen-bond donors (Lipinski definition) is 1.